The van der Waals surface area contributed by atoms with E-state index < -0.39 is 0 Å². The maximum atomic E-state index is 12.7. The standard InChI is InChI=1S/C23H27ClN2O3/c1-17(18-5-3-2-4-6-18)7-9-25-10-8-23(27)26(12-11-25)15-19-13-21-22(14-20(19)24)29-16-28-21/h2-6,13-14,17H,7-12,15-16H2,1H3/t17-/m0/s1. The summed E-state index contributed by atoms with van der Waals surface area (Å²) in [5, 5.41) is 0.611. The molecule has 1 amide bonds. The lowest BCUT2D eigenvalue weighted by Gasteiger charge is -2.23. The van der Waals surface area contributed by atoms with Gasteiger partial charge < -0.3 is 19.3 Å². The summed E-state index contributed by atoms with van der Waals surface area (Å²) in [6, 6.07) is 14.3. The average Bonchev–Trinajstić information content (AvgIpc) is 3.11. The third-order valence-electron chi connectivity index (χ3n) is 5.83. The van der Waals surface area contributed by atoms with Gasteiger partial charge in [-0.15, -0.1) is 0 Å². The molecule has 0 aliphatic carbocycles. The molecule has 2 heterocycles. The van der Waals surface area contributed by atoms with Crippen LogP contribution in [-0.2, 0) is 11.3 Å². The molecular weight excluding hydrogens is 388 g/mol. The first-order valence-corrected chi connectivity index (χ1v) is 10.6. The van der Waals surface area contributed by atoms with Crippen LogP contribution in [0.1, 0.15) is 36.8 Å². The van der Waals surface area contributed by atoms with Gasteiger partial charge in [0.15, 0.2) is 11.5 Å². The molecule has 4 rings (SSSR count). The molecule has 1 atom stereocenters. The van der Waals surface area contributed by atoms with E-state index in [-0.39, 0.29) is 12.7 Å². The molecule has 0 radical (unpaired) electrons. The summed E-state index contributed by atoms with van der Waals surface area (Å²) in [5.74, 6) is 2.05. The average molecular weight is 415 g/mol. The van der Waals surface area contributed by atoms with E-state index in [1.54, 1.807) is 6.07 Å². The van der Waals surface area contributed by atoms with Crippen molar-refractivity contribution in [2.45, 2.75) is 32.2 Å². The summed E-state index contributed by atoms with van der Waals surface area (Å²) in [5.41, 5.74) is 2.27. The number of rotatable bonds is 6. The molecule has 29 heavy (non-hydrogen) atoms. The van der Waals surface area contributed by atoms with Crippen LogP contribution in [0.25, 0.3) is 0 Å². The first kappa shape index (κ1) is 20.0. The van der Waals surface area contributed by atoms with Crippen molar-refractivity contribution in [2.24, 2.45) is 0 Å². The summed E-state index contributed by atoms with van der Waals surface area (Å²) in [4.78, 5) is 17.0. The van der Waals surface area contributed by atoms with Crippen LogP contribution in [0.15, 0.2) is 42.5 Å². The van der Waals surface area contributed by atoms with Crippen LogP contribution in [0.5, 0.6) is 11.5 Å². The highest BCUT2D eigenvalue weighted by Crippen LogP contribution is 2.37. The number of carbonyl (C=O) groups excluding carboxylic acids is 1. The SMILES string of the molecule is C[C@@H](CCN1CCC(=O)N(Cc2cc3c(cc2Cl)OCO3)CC1)c1ccccc1. The van der Waals surface area contributed by atoms with Crippen molar-refractivity contribution in [3.05, 3.63) is 58.6 Å². The van der Waals surface area contributed by atoms with E-state index in [1.165, 1.54) is 5.56 Å². The van der Waals surface area contributed by atoms with Gasteiger partial charge in [0.1, 0.15) is 0 Å². The Labute approximate surface area is 177 Å². The molecule has 0 spiro atoms. The number of halogens is 1. The number of hydrogen-bond acceptors (Lipinski definition) is 4. The van der Waals surface area contributed by atoms with Gasteiger partial charge in [-0.2, -0.15) is 0 Å². The minimum absolute atomic E-state index is 0.178. The number of hydrogen-bond donors (Lipinski definition) is 0. The molecule has 0 saturated carbocycles. The smallest absolute Gasteiger partial charge is 0.231 e. The maximum absolute atomic E-state index is 12.7. The minimum atomic E-state index is 0.178. The Morgan fingerprint density at radius 2 is 1.83 bits per heavy atom. The van der Waals surface area contributed by atoms with E-state index >= 15 is 0 Å². The summed E-state index contributed by atoms with van der Waals surface area (Å²) >= 11 is 6.40. The lowest BCUT2D eigenvalue weighted by Crippen LogP contribution is -2.33. The van der Waals surface area contributed by atoms with Crippen molar-refractivity contribution in [3.63, 3.8) is 0 Å². The topological polar surface area (TPSA) is 42.0 Å². The molecule has 2 aliphatic heterocycles. The molecule has 0 unspecified atom stereocenters. The van der Waals surface area contributed by atoms with E-state index in [2.05, 4.69) is 42.2 Å². The van der Waals surface area contributed by atoms with Crippen LogP contribution in [0.3, 0.4) is 0 Å². The van der Waals surface area contributed by atoms with Gasteiger partial charge in [-0.3, -0.25) is 4.79 Å². The predicted octanol–water partition coefficient (Wildman–Crippen LogP) is 4.30. The van der Waals surface area contributed by atoms with Crippen LogP contribution in [-0.4, -0.2) is 48.7 Å². The molecule has 0 bridgehead atoms. The second kappa shape index (κ2) is 9.06. The molecule has 2 aromatic carbocycles. The largest absolute Gasteiger partial charge is 0.454 e. The Kier molecular flexibility index (Phi) is 6.26. The van der Waals surface area contributed by atoms with Crippen LogP contribution >= 0.6 is 11.6 Å². The first-order chi connectivity index (χ1) is 14.1. The number of carbonyl (C=O) groups is 1. The van der Waals surface area contributed by atoms with Crippen molar-refractivity contribution in [1.29, 1.82) is 0 Å². The minimum Gasteiger partial charge on any atom is -0.454 e. The van der Waals surface area contributed by atoms with E-state index in [1.807, 2.05) is 11.0 Å². The fraction of sp³-hybridized carbons (Fsp3) is 0.435. The molecule has 154 valence electrons. The zero-order chi connectivity index (χ0) is 20.2. The fourth-order valence-corrected chi connectivity index (χ4v) is 4.13. The highest BCUT2D eigenvalue weighted by molar-refractivity contribution is 6.31. The Hall–Kier alpha value is -2.24. The number of amides is 1. The van der Waals surface area contributed by atoms with Gasteiger partial charge in [-0.25, -0.2) is 0 Å². The van der Waals surface area contributed by atoms with Crippen LogP contribution in [0.2, 0.25) is 5.02 Å². The van der Waals surface area contributed by atoms with E-state index in [0.29, 0.717) is 41.9 Å². The first-order valence-electron chi connectivity index (χ1n) is 10.2. The monoisotopic (exact) mass is 414 g/mol. The van der Waals surface area contributed by atoms with Crippen LogP contribution in [0.4, 0.5) is 0 Å². The highest BCUT2D eigenvalue weighted by Gasteiger charge is 2.24. The Morgan fingerprint density at radius 1 is 1.07 bits per heavy atom. The van der Waals surface area contributed by atoms with E-state index in [4.69, 9.17) is 21.1 Å². The van der Waals surface area contributed by atoms with Gasteiger partial charge in [-0.05, 0) is 36.1 Å². The normalized spacial score (nSPS) is 18.0. The van der Waals surface area contributed by atoms with Gasteiger partial charge >= 0.3 is 0 Å². The zero-order valence-corrected chi connectivity index (χ0v) is 17.5. The number of nitrogens with zero attached hydrogens (tertiary/aromatic N) is 2. The highest BCUT2D eigenvalue weighted by atomic mass is 35.5. The number of benzene rings is 2. The lowest BCUT2D eigenvalue weighted by molar-refractivity contribution is -0.130. The van der Waals surface area contributed by atoms with Crippen molar-refractivity contribution >= 4 is 17.5 Å². The van der Waals surface area contributed by atoms with Gasteiger partial charge in [0.05, 0.1) is 0 Å². The zero-order valence-electron chi connectivity index (χ0n) is 16.8. The molecule has 5 nitrogen and oxygen atoms in total. The quantitative estimate of drug-likeness (QED) is 0.706. The Morgan fingerprint density at radius 3 is 2.62 bits per heavy atom. The van der Waals surface area contributed by atoms with Gasteiger partial charge in [0, 0.05) is 43.7 Å². The molecule has 1 saturated heterocycles. The van der Waals surface area contributed by atoms with Gasteiger partial charge in [0.25, 0.3) is 0 Å². The van der Waals surface area contributed by atoms with Crippen molar-refractivity contribution in [1.82, 2.24) is 9.80 Å². The van der Waals surface area contributed by atoms with Crippen LogP contribution in [0, 0.1) is 0 Å². The second-order valence-electron chi connectivity index (χ2n) is 7.80. The summed E-state index contributed by atoms with van der Waals surface area (Å²) < 4.78 is 10.8. The number of ether oxygens (including phenoxy) is 2. The fourth-order valence-electron chi connectivity index (χ4n) is 3.91. The Bertz CT molecular complexity index is 859. The molecule has 2 aromatic rings. The predicted molar refractivity (Wildman–Crippen MR) is 114 cm³/mol. The van der Waals surface area contributed by atoms with Crippen molar-refractivity contribution < 1.29 is 14.3 Å². The molecular formula is C23H27ClN2O3. The summed E-state index contributed by atoms with van der Waals surface area (Å²) in [7, 11) is 0. The molecule has 0 N–H and O–H groups in total. The van der Waals surface area contributed by atoms with E-state index in [0.717, 1.165) is 31.6 Å². The number of fused-ring (bicyclic) bond motifs is 1. The third kappa shape index (κ3) is 4.85. The maximum Gasteiger partial charge on any atom is 0.231 e. The molecule has 6 heteroatoms. The van der Waals surface area contributed by atoms with Crippen LogP contribution < -0.4 is 9.47 Å². The summed E-state index contributed by atoms with van der Waals surface area (Å²) in [6.07, 6.45) is 1.63. The third-order valence-corrected chi connectivity index (χ3v) is 6.18. The van der Waals surface area contributed by atoms with Gasteiger partial charge in [-0.1, -0.05) is 48.9 Å². The summed E-state index contributed by atoms with van der Waals surface area (Å²) in [6.45, 7) is 6.40. The lowest BCUT2D eigenvalue weighted by atomic mass is 9.98. The van der Waals surface area contributed by atoms with Crippen molar-refractivity contribution in [2.75, 3.05) is 33.0 Å². The Balaban J connectivity index is 1.33. The molecule has 1 fully saturated rings. The van der Waals surface area contributed by atoms with Crippen molar-refractivity contribution in [3.8, 4) is 11.5 Å². The van der Waals surface area contributed by atoms with E-state index in [9.17, 15) is 4.79 Å². The molecule has 0 aromatic heterocycles. The molecule has 2 aliphatic rings. The second-order valence-corrected chi connectivity index (χ2v) is 8.21. The van der Waals surface area contributed by atoms with Gasteiger partial charge in [0.2, 0.25) is 12.7 Å².